The van der Waals surface area contributed by atoms with Crippen LogP contribution in [0.2, 0.25) is 0 Å². The molecule has 3 nitrogen and oxygen atoms in total. The van der Waals surface area contributed by atoms with Crippen LogP contribution in [0.15, 0.2) is 11.1 Å². The fourth-order valence-corrected chi connectivity index (χ4v) is 1.64. The molecule has 1 aliphatic heterocycles. The molecule has 0 saturated heterocycles. The highest BCUT2D eigenvalue weighted by molar-refractivity contribution is 5.92. The summed E-state index contributed by atoms with van der Waals surface area (Å²) in [7, 11) is 0. The lowest BCUT2D eigenvalue weighted by atomic mass is 10.1. The van der Waals surface area contributed by atoms with Crippen LogP contribution in [0.4, 0.5) is 0 Å². The molecule has 0 radical (unpaired) electrons. The maximum atomic E-state index is 11.3. The molecule has 1 atom stereocenters. The van der Waals surface area contributed by atoms with Crippen LogP contribution in [0.3, 0.4) is 0 Å². The molecule has 0 bridgehead atoms. The molecule has 0 amide bonds. The van der Waals surface area contributed by atoms with Gasteiger partial charge in [0, 0.05) is 17.6 Å². The number of ether oxygens (including phenoxy) is 1. The van der Waals surface area contributed by atoms with Crippen molar-refractivity contribution in [2.75, 3.05) is 0 Å². The molecule has 94 valence electrons. The number of unbranched alkanes of at least 4 members (excludes halogenated alkanes) is 4. The Morgan fingerprint density at radius 2 is 2.00 bits per heavy atom. The highest BCUT2D eigenvalue weighted by Crippen LogP contribution is 2.29. The minimum Gasteiger partial charge on any atom is -0.414 e. The first-order chi connectivity index (χ1) is 8.01. The number of hydrogen-bond acceptors (Lipinski definition) is 3. The third-order valence-corrected chi connectivity index (χ3v) is 3.03. The minimum absolute atomic E-state index is 0.452. The van der Waals surface area contributed by atoms with E-state index in [1.54, 1.807) is 13.8 Å². The van der Waals surface area contributed by atoms with Crippen LogP contribution in [0.5, 0.6) is 0 Å². The van der Waals surface area contributed by atoms with E-state index in [0.29, 0.717) is 11.1 Å². The third-order valence-electron chi connectivity index (χ3n) is 3.03. The Bertz CT molecular complexity index is 384. The first-order valence-electron chi connectivity index (χ1n) is 6.15. The quantitative estimate of drug-likeness (QED) is 0.463. The Morgan fingerprint density at radius 1 is 1.29 bits per heavy atom. The molecule has 0 saturated carbocycles. The summed E-state index contributed by atoms with van der Waals surface area (Å²) in [5, 5.41) is 10.0. The minimum atomic E-state index is -1.69. The predicted octanol–water partition coefficient (Wildman–Crippen LogP) is 2.54. The average molecular weight is 236 g/mol. The van der Waals surface area contributed by atoms with Crippen molar-refractivity contribution < 1.29 is 14.6 Å². The van der Waals surface area contributed by atoms with Crippen LogP contribution in [-0.2, 0) is 9.53 Å². The van der Waals surface area contributed by atoms with Crippen LogP contribution < -0.4 is 0 Å². The fourth-order valence-electron chi connectivity index (χ4n) is 1.64. The van der Waals surface area contributed by atoms with Gasteiger partial charge < -0.3 is 9.84 Å². The fraction of sp³-hybridized carbons (Fsp3) is 0.643. The van der Waals surface area contributed by atoms with Crippen LogP contribution in [0, 0.1) is 11.8 Å². The van der Waals surface area contributed by atoms with Crippen LogP contribution in [-0.4, -0.2) is 16.9 Å². The van der Waals surface area contributed by atoms with Gasteiger partial charge in [-0.2, -0.15) is 0 Å². The van der Waals surface area contributed by atoms with Gasteiger partial charge in [0.25, 0.3) is 5.79 Å². The summed E-state index contributed by atoms with van der Waals surface area (Å²) < 4.78 is 4.87. The van der Waals surface area contributed by atoms with E-state index in [0.717, 1.165) is 19.3 Å². The van der Waals surface area contributed by atoms with Gasteiger partial charge in [-0.25, -0.2) is 4.79 Å². The molecule has 3 heteroatoms. The van der Waals surface area contributed by atoms with E-state index in [1.165, 1.54) is 12.8 Å². The smallest absolute Gasteiger partial charge is 0.337 e. The monoisotopic (exact) mass is 236 g/mol. The molecule has 1 N–H and O–H groups in total. The summed E-state index contributed by atoms with van der Waals surface area (Å²) in [6.45, 7) is 5.47. The molecule has 0 spiro atoms. The third kappa shape index (κ3) is 3.34. The highest BCUT2D eigenvalue weighted by Gasteiger charge is 2.40. The zero-order valence-electron chi connectivity index (χ0n) is 10.8. The van der Waals surface area contributed by atoms with Crippen LogP contribution >= 0.6 is 0 Å². The zero-order valence-corrected chi connectivity index (χ0v) is 10.8. The first-order valence-corrected chi connectivity index (χ1v) is 6.15. The van der Waals surface area contributed by atoms with E-state index in [1.807, 2.05) is 0 Å². The zero-order chi connectivity index (χ0) is 12.9. The summed E-state index contributed by atoms with van der Waals surface area (Å²) in [5.74, 6) is 3.37. The number of hydrogen-bond donors (Lipinski definition) is 1. The second-order valence-corrected chi connectivity index (χ2v) is 4.40. The van der Waals surface area contributed by atoms with Gasteiger partial charge in [0.1, 0.15) is 0 Å². The van der Waals surface area contributed by atoms with Crippen molar-refractivity contribution in [2.24, 2.45) is 0 Å². The Labute approximate surface area is 103 Å². The van der Waals surface area contributed by atoms with Gasteiger partial charge in [0.15, 0.2) is 0 Å². The number of aliphatic hydroxyl groups is 1. The maximum absolute atomic E-state index is 11.3. The van der Waals surface area contributed by atoms with Crippen molar-refractivity contribution in [3.63, 3.8) is 0 Å². The molecule has 0 aromatic heterocycles. The molecular weight excluding hydrogens is 216 g/mol. The summed E-state index contributed by atoms with van der Waals surface area (Å²) in [6.07, 6.45) is 5.30. The summed E-state index contributed by atoms with van der Waals surface area (Å²) in [5.41, 5.74) is 0.955. The SMILES string of the molecule is CCCCCCC#CC1(O)OC(=O)C(C)=C1C. The molecule has 1 heterocycles. The van der Waals surface area contributed by atoms with Crippen molar-refractivity contribution in [1.29, 1.82) is 0 Å². The van der Waals surface area contributed by atoms with Crippen LogP contribution in [0.1, 0.15) is 52.9 Å². The van der Waals surface area contributed by atoms with E-state index in [4.69, 9.17) is 4.74 Å². The standard InChI is InChI=1S/C14H20O3/c1-4-5-6-7-8-9-10-14(16)12(3)11(2)13(15)17-14/h16H,4-8H2,1-3H3. The lowest BCUT2D eigenvalue weighted by Crippen LogP contribution is -2.28. The second-order valence-electron chi connectivity index (χ2n) is 4.40. The number of carbonyl (C=O) groups excluding carboxylic acids is 1. The molecule has 0 aliphatic carbocycles. The Hall–Kier alpha value is -1.27. The lowest BCUT2D eigenvalue weighted by molar-refractivity contribution is -0.164. The van der Waals surface area contributed by atoms with E-state index < -0.39 is 11.8 Å². The van der Waals surface area contributed by atoms with Crippen molar-refractivity contribution in [3.8, 4) is 11.8 Å². The highest BCUT2D eigenvalue weighted by atomic mass is 16.7. The Morgan fingerprint density at radius 3 is 2.53 bits per heavy atom. The summed E-state index contributed by atoms with van der Waals surface area (Å²) >= 11 is 0. The summed E-state index contributed by atoms with van der Waals surface area (Å²) in [4.78, 5) is 11.3. The van der Waals surface area contributed by atoms with Gasteiger partial charge in [-0.05, 0) is 26.2 Å². The topological polar surface area (TPSA) is 46.5 Å². The molecule has 17 heavy (non-hydrogen) atoms. The molecule has 0 aromatic carbocycles. The molecule has 0 aromatic rings. The van der Waals surface area contributed by atoms with Crippen molar-refractivity contribution in [2.45, 2.75) is 58.7 Å². The number of cyclic esters (lactones) is 1. The van der Waals surface area contributed by atoms with Gasteiger partial charge in [0.2, 0.25) is 0 Å². The van der Waals surface area contributed by atoms with Gasteiger partial charge in [-0.1, -0.05) is 32.1 Å². The Balaban J connectivity index is 2.52. The van der Waals surface area contributed by atoms with E-state index in [2.05, 4.69) is 18.8 Å². The van der Waals surface area contributed by atoms with E-state index in [9.17, 15) is 9.90 Å². The van der Waals surface area contributed by atoms with Crippen molar-refractivity contribution in [3.05, 3.63) is 11.1 Å². The molecular formula is C14H20O3. The summed E-state index contributed by atoms with van der Waals surface area (Å²) in [6, 6.07) is 0. The second kappa shape index (κ2) is 5.88. The first kappa shape index (κ1) is 13.8. The predicted molar refractivity (Wildman–Crippen MR) is 66.0 cm³/mol. The lowest BCUT2D eigenvalue weighted by Gasteiger charge is -2.15. The van der Waals surface area contributed by atoms with Crippen LogP contribution in [0.25, 0.3) is 0 Å². The van der Waals surface area contributed by atoms with Gasteiger partial charge >= 0.3 is 5.97 Å². The van der Waals surface area contributed by atoms with E-state index >= 15 is 0 Å². The van der Waals surface area contributed by atoms with Crippen molar-refractivity contribution >= 4 is 5.97 Å². The molecule has 1 aliphatic rings. The molecule has 1 rings (SSSR count). The molecule has 1 unspecified atom stereocenters. The van der Waals surface area contributed by atoms with Gasteiger partial charge in [-0.3, -0.25) is 0 Å². The molecule has 0 fully saturated rings. The maximum Gasteiger partial charge on any atom is 0.337 e. The average Bonchev–Trinajstić information content (AvgIpc) is 2.48. The Kier molecular flexibility index (Phi) is 4.77. The normalized spacial score (nSPS) is 23.4. The number of esters is 1. The largest absolute Gasteiger partial charge is 0.414 e. The van der Waals surface area contributed by atoms with Gasteiger partial charge in [0.05, 0.1) is 0 Å². The number of carbonyl (C=O) groups is 1. The van der Waals surface area contributed by atoms with Gasteiger partial charge in [-0.15, -0.1) is 0 Å². The van der Waals surface area contributed by atoms with E-state index in [-0.39, 0.29) is 0 Å². The number of rotatable bonds is 4. The van der Waals surface area contributed by atoms with Crippen molar-refractivity contribution in [1.82, 2.24) is 0 Å².